The largest absolute Gasteiger partial charge is 0.383 e. The zero-order valence-electron chi connectivity index (χ0n) is 11.4. The van der Waals surface area contributed by atoms with Crippen LogP contribution >= 0.6 is 0 Å². The number of nitrogens with two attached hydrogens (primary N) is 1. The molecule has 1 heterocycles. The number of amides is 1. The maximum atomic E-state index is 11.6. The number of hydrogen-bond acceptors (Lipinski definition) is 5. The van der Waals surface area contributed by atoms with Crippen molar-refractivity contribution in [2.75, 3.05) is 17.6 Å². The van der Waals surface area contributed by atoms with E-state index < -0.39 is 0 Å². The second kappa shape index (κ2) is 5.66. The summed E-state index contributed by atoms with van der Waals surface area (Å²) >= 11 is 0. The van der Waals surface area contributed by atoms with Crippen molar-refractivity contribution in [1.82, 2.24) is 15.3 Å². The Balaban J connectivity index is 2.43. The predicted octanol–water partition coefficient (Wildman–Crippen LogP) is 1.08. The zero-order valence-corrected chi connectivity index (χ0v) is 11.4. The van der Waals surface area contributed by atoms with Crippen molar-refractivity contribution in [3.8, 4) is 0 Å². The van der Waals surface area contributed by atoms with Gasteiger partial charge in [-0.2, -0.15) is 0 Å². The molecule has 1 rings (SSSR count). The number of anilines is 2. The van der Waals surface area contributed by atoms with Gasteiger partial charge in [-0.05, 0) is 27.7 Å². The van der Waals surface area contributed by atoms with Crippen LogP contribution in [0.5, 0.6) is 0 Å². The van der Waals surface area contributed by atoms with E-state index in [-0.39, 0.29) is 11.4 Å². The Morgan fingerprint density at radius 1 is 1.39 bits per heavy atom. The van der Waals surface area contributed by atoms with Crippen LogP contribution in [0.2, 0.25) is 0 Å². The highest BCUT2D eigenvalue weighted by Gasteiger charge is 2.13. The van der Waals surface area contributed by atoms with Crippen molar-refractivity contribution < 1.29 is 4.79 Å². The molecule has 0 aromatic carbocycles. The molecule has 4 N–H and O–H groups in total. The molecule has 0 aliphatic rings. The highest BCUT2D eigenvalue weighted by Crippen LogP contribution is 2.14. The Bertz CT molecular complexity index is 425. The third-order valence-corrected chi connectivity index (χ3v) is 2.28. The summed E-state index contributed by atoms with van der Waals surface area (Å²) in [7, 11) is 0. The van der Waals surface area contributed by atoms with E-state index in [1.54, 1.807) is 0 Å². The van der Waals surface area contributed by atoms with Crippen molar-refractivity contribution in [3.05, 3.63) is 11.9 Å². The molecule has 1 amide bonds. The summed E-state index contributed by atoms with van der Waals surface area (Å²) in [5, 5.41) is 5.97. The lowest BCUT2D eigenvalue weighted by molar-refractivity contribution is -0.122. The summed E-state index contributed by atoms with van der Waals surface area (Å²) < 4.78 is 0. The number of nitrogen functional groups attached to an aromatic ring is 1. The van der Waals surface area contributed by atoms with Gasteiger partial charge in [-0.25, -0.2) is 9.97 Å². The molecule has 100 valence electrons. The van der Waals surface area contributed by atoms with Gasteiger partial charge in [0.25, 0.3) is 0 Å². The van der Waals surface area contributed by atoms with Gasteiger partial charge in [0, 0.05) is 24.1 Å². The van der Waals surface area contributed by atoms with E-state index in [9.17, 15) is 4.79 Å². The molecule has 0 spiro atoms. The van der Waals surface area contributed by atoms with E-state index in [1.807, 2.05) is 27.7 Å². The number of aromatic nitrogens is 2. The first-order valence-electron chi connectivity index (χ1n) is 5.91. The Labute approximate surface area is 107 Å². The molecule has 0 bridgehead atoms. The molecule has 0 saturated carbocycles. The topological polar surface area (TPSA) is 92.9 Å². The van der Waals surface area contributed by atoms with Gasteiger partial charge in [0.05, 0.1) is 0 Å². The van der Waals surface area contributed by atoms with Gasteiger partial charge >= 0.3 is 0 Å². The van der Waals surface area contributed by atoms with E-state index in [4.69, 9.17) is 5.73 Å². The molecule has 6 heteroatoms. The van der Waals surface area contributed by atoms with Crippen molar-refractivity contribution in [3.63, 3.8) is 0 Å². The first-order chi connectivity index (χ1) is 8.29. The number of hydrogen-bond donors (Lipinski definition) is 3. The highest BCUT2D eigenvalue weighted by molar-refractivity contribution is 5.77. The van der Waals surface area contributed by atoms with Crippen LogP contribution in [0.15, 0.2) is 6.33 Å². The molecule has 0 aliphatic heterocycles. The van der Waals surface area contributed by atoms with Crippen LogP contribution in [0.4, 0.5) is 11.6 Å². The standard InChI is InChI=1S/C12H21N5O/c1-8-10(13)15-7-16-11(8)14-6-5-9(18)17-12(2,3)4/h7H,5-6H2,1-4H3,(H,17,18)(H3,13,14,15,16). The number of carbonyl (C=O) groups is 1. The van der Waals surface area contributed by atoms with Gasteiger partial charge in [0.1, 0.15) is 18.0 Å². The molecule has 0 fully saturated rings. The van der Waals surface area contributed by atoms with Gasteiger partial charge in [0.2, 0.25) is 5.91 Å². The van der Waals surface area contributed by atoms with Crippen molar-refractivity contribution in [2.45, 2.75) is 39.7 Å². The molecule has 0 saturated heterocycles. The van der Waals surface area contributed by atoms with Gasteiger partial charge in [-0.1, -0.05) is 0 Å². The van der Waals surface area contributed by atoms with Gasteiger partial charge in [-0.15, -0.1) is 0 Å². The maximum Gasteiger partial charge on any atom is 0.222 e. The average Bonchev–Trinajstić information content (AvgIpc) is 2.21. The summed E-state index contributed by atoms with van der Waals surface area (Å²) in [6.07, 6.45) is 1.79. The first kappa shape index (κ1) is 14.2. The predicted molar refractivity (Wildman–Crippen MR) is 72.2 cm³/mol. The van der Waals surface area contributed by atoms with Crippen LogP contribution in [0.25, 0.3) is 0 Å². The summed E-state index contributed by atoms with van der Waals surface area (Å²) in [5.74, 6) is 1.13. The summed E-state index contributed by atoms with van der Waals surface area (Å²) in [6, 6.07) is 0. The van der Waals surface area contributed by atoms with Crippen molar-refractivity contribution in [2.24, 2.45) is 0 Å². The average molecular weight is 251 g/mol. The lowest BCUT2D eigenvalue weighted by Crippen LogP contribution is -2.41. The Morgan fingerprint density at radius 2 is 2.06 bits per heavy atom. The molecule has 6 nitrogen and oxygen atoms in total. The minimum atomic E-state index is -0.202. The van der Waals surface area contributed by atoms with E-state index in [1.165, 1.54) is 6.33 Å². The first-order valence-corrected chi connectivity index (χ1v) is 5.91. The van der Waals surface area contributed by atoms with Crippen LogP contribution in [-0.4, -0.2) is 28.0 Å². The number of carbonyl (C=O) groups excluding carboxylic acids is 1. The Morgan fingerprint density at radius 3 is 2.67 bits per heavy atom. The van der Waals surface area contributed by atoms with E-state index in [0.29, 0.717) is 24.6 Å². The molecule has 0 unspecified atom stereocenters. The molecule has 0 aliphatic carbocycles. The smallest absolute Gasteiger partial charge is 0.222 e. The fourth-order valence-electron chi connectivity index (χ4n) is 1.42. The zero-order chi connectivity index (χ0) is 13.8. The summed E-state index contributed by atoms with van der Waals surface area (Å²) in [5.41, 5.74) is 6.26. The third kappa shape index (κ3) is 4.57. The monoisotopic (exact) mass is 251 g/mol. The molecule has 1 aromatic rings. The maximum absolute atomic E-state index is 11.6. The molecular weight excluding hydrogens is 230 g/mol. The second-order valence-corrected chi connectivity index (χ2v) is 5.21. The molecule has 1 aromatic heterocycles. The van der Waals surface area contributed by atoms with Crippen LogP contribution in [0, 0.1) is 6.92 Å². The van der Waals surface area contributed by atoms with Crippen molar-refractivity contribution in [1.29, 1.82) is 0 Å². The van der Waals surface area contributed by atoms with Crippen LogP contribution < -0.4 is 16.4 Å². The van der Waals surface area contributed by atoms with Gasteiger partial charge < -0.3 is 16.4 Å². The minimum Gasteiger partial charge on any atom is -0.383 e. The molecule has 0 radical (unpaired) electrons. The van der Waals surface area contributed by atoms with E-state index in [2.05, 4.69) is 20.6 Å². The van der Waals surface area contributed by atoms with E-state index >= 15 is 0 Å². The Kier molecular flexibility index (Phi) is 4.47. The second-order valence-electron chi connectivity index (χ2n) is 5.21. The SMILES string of the molecule is Cc1c(N)ncnc1NCCC(=O)NC(C)(C)C. The third-order valence-electron chi connectivity index (χ3n) is 2.28. The fraction of sp³-hybridized carbons (Fsp3) is 0.583. The van der Waals surface area contributed by atoms with Gasteiger partial charge in [-0.3, -0.25) is 4.79 Å². The number of nitrogens with one attached hydrogen (secondary N) is 2. The molecule has 0 atom stereocenters. The van der Waals surface area contributed by atoms with Crippen LogP contribution in [0.3, 0.4) is 0 Å². The summed E-state index contributed by atoms with van der Waals surface area (Å²) in [6.45, 7) is 8.21. The highest BCUT2D eigenvalue weighted by atomic mass is 16.1. The quantitative estimate of drug-likeness (QED) is 0.744. The number of nitrogens with zero attached hydrogens (tertiary/aromatic N) is 2. The normalized spacial score (nSPS) is 11.1. The fourth-order valence-corrected chi connectivity index (χ4v) is 1.42. The minimum absolute atomic E-state index is 0.00896. The summed E-state index contributed by atoms with van der Waals surface area (Å²) in [4.78, 5) is 19.5. The van der Waals surface area contributed by atoms with Gasteiger partial charge in [0.15, 0.2) is 0 Å². The van der Waals surface area contributed by atoms with Crippen LogP contribution in [0.1, 0.15) is 32.8 Å². The van der Waals surface area contributed by atoms with Crippen molar-refractivity contribution >= 4 is 17.5 Å². The van der Waals surface area contributed by atoms with E-state index in [0.717, 1.165) is 5.56 Å². The van der Waals surface area contributed by atoms with Crippen LogP contribution in [-0.2, 0) is 4.79 Å². The lowest BCUT2D eigenvalue weighted by atomic mass is 10.1. The lowest BCUT2D eigenvalue weighted by Gasteiger charge is -2.20. The molecular formula is C12H21N5O. The Hall–Kier alpha value is -1.85. The molecule has 18 heavy (non-hydrogen) atoms. The number of rotatable bonds is 4.